The zero-order valence-corrected chi connectivity index (χ0v) is 11.7. The third-order valence-corrected chi connectivity index (χ3v) is 3.09. The highest BCUT2D eigenvalue weighted by Crippen LogP contribution is 2.15. The molecule has 2 rings (SSSR count). The van der Waals surface area contributed by atoms with Crippen LogP contribution >= 0.6 is 0 Å². The van der Waals surface area contributed by atoms with E-state index in [4.69, 9.17) is 5.11 Å². The molecule has 0 aliphatic rings. The van der Waals surface area contributed by atoms with Crippen molar-refractivity contribution >= 4 is 17.6 Å². The Hall–Kier alpha value is -2.69. The molecule has 0 unspecified atom stereocenters. The zero-order valence-electron chi connectivity index (χ0n) is 11.7. The molecule has 0 fully saturated rings. The number of pyridine rings is 1. The molecule has 0 saturated heterocycles. The lowest BCUT2D eigenvalue weighted by Gasteiger charge is -2.07. The van der Waals surface area contributed by atoms with Gasteiger partial charge in [0.05, 0.1) is 5.56 Å². The van der Waals surface area contributed by atoms with E-state index in [1.165, 1.54) is 6.07 Å². The standard InChI is InChI=1S/C16H16N2O3/c1-11-5-6-13(10-14(11)16(20)21)18-15(19)8-7-12-4-2-3-9-17-12/h2-6,9-10H,7-8H2,1H3,(H,18,19)(H,20,21). The minimum absolute atomic E-state index is 0.166. The molecule has 0 spiro atoms. The maximum Gasteiger partial charge on any atom is 0.336 e. The molecule has 0 saturated carbocycles. The second kappa shape index (κ2) is 6.65. The fourth-order valence-corrected chi connectivity index (χ4v) is 1.94. The molecule has 1 aromatic heterocycles. The van der Waals surface area contributed by atoms with Crippen molar-refractivity contribution in [2.75, 3.05) is 5.32 Å². The SMILES string of the molecule is Cc1ccc(NC(=O)CCc2ccccn2)cc1C(=O)O. The Morgan fingerprint density at radius 3 is 2.71 bits per heavy atom. The molecular formula is C16H16N2O3. The molecule has 0 aliphatic heterocycles. The Morgan fingerprint density at radius 1 is 1.24 bits per heavy atom. The number of carboxylic acids is 1. The van der Waals surface area contributed by atoms with Gasteiger partial charge in [0.25, 0.3) is 0 Å². The van der Waals surface area contributed by atoms with E-state index in [9.17, 15) is 9.59 Å². The Morgan fingerprint density at radius 2 is 2.05 bits per heavy atom. The summed E-state index contributed by atoms with van der Waals surface area (Å²) in [6.45, 7) is 1.72. The molecule has 5 heteroatoms. The Kier molecular flexibility index (Phi) is 4.66. The highest BCUT2D eigenvalue weighted by Gasteiger charge is 2.09. The smallest absolute Gasteiger partial charge is 0.336 e. The van der Waals surface area contributed by atoms with Gasteiger partial charge in [0.2, 0.25) is 5.91 Å². The molecule has 5 nitrogen and oxygen atoms in total. The highest BCUT2D eigenvalue weighted by molar-refractivity contribution is 5.94. The van der Waals surface area contributed by atoms with Crippen LogP contribution in [0.5, 0.6) is 0 Å². The second-order valence-electron chi connectivity index (χ2n) is 4.70. The van der Waals surface area contributed by atoms with E-state index in [-0.39, 0.29) is 11.5 Å². The van der Waals surface area contributed by atoms with Gasteiger partial charge in [-0.15, -0.1) is 0 Å². The first-order valence-electron chi connectivity index (χ1n) is 6.60. The summed E-state index contributed by atoms with van der Waals surface area (Å²) in [7, 11) is 0. The summed E-state index contributed by atoms with van der Waals surface area (Å²) in [6, 6.07) is 10.4. The number of nitrogens with one attached hydrogen (secondary N) is 1. The molecule has 2 aromatic rings. The lowest BCUT2D eigenvalue weighted by molar-refractivity contribution is -0.116. The average molecular weight is 284 g/mol. The van der Waals surface area contributed by atoms with Crippen LogP contribution in [0.25, 0.3) is 0 Å². The van der Waals surface area contributed by atoms with E-state index in [0.717, 1.165) is 5.69 Å². The number of carbonyl (C=O) groups excluding carboxylic acids is 1. The number of anilines is 1. The van der Waals surface area contributed by atoms with Crippen molar-refractivity contribution in [2.24, 2.45) is 0 Å². The van der Waals surface area contributed by atoms with E-state index in [1.807, 2.05) is 18.2 Å². The average Bonchev–Trinajstić information content (AvgIpc) is 2.48. The van der Waals surface area contributed by atoms with Crippen LogP contribution in [-0.4, -0.2) is 22.0 Å². The summed E-state index contributed by atoms with van der Waals surface area (Å²) in [4.78, 5) is 27.1. The van der Waals surface area contributed by atoms with Gasteiger partial charge in [0.1, 0.15) is 0 Å². The van der Waals surface area contributed by atoms with Gasteiger partial charge in [-0.3, -0.25) is 9.78 Å². The monoisotopic (exact) mass is 284 g/mol. The third-order valence-electron chi connectivity index (χ3n) is 3.09. The zero-order chi connectivity index (χ0) is 15.2. The lowest BCUT2D eigenvalue weighted by atomic mass is 10.1. The predicted octanol–water partition coefficient (Wildman–Crippen LogP) is 2.66. The van der Waals surface area contributed by atoms with Crippen molar-refractivity contribution in [1.82, 2.24) is 4.98 Å². The van der Waals surface area contributed by atoms with Crippen LogP contribution < -0.4 is 5.32 Å². The van der Waals surface area contributed by atoms with Gasteiger partial charge in [-0.05, 0) is 43.2 Å². The lowest BCUT2D eigenvalue weighted by Crippen LogP contribution is -2.13. The number of nitrogens with zero attached hydrogens (tertiary/aromatic N) is 1. The molecule has 0 atom stereocenters. The van der Waals surface area contributed by atoms with Crippen molar-refractivity contribution in [2.45, 2.75) is 19.8 Å². The topological polar surface area (TPSA) is 79.3 Å². The molecule has 2 N–H and O–H groups in total. The van der Waals surface area contributed by atoms with Gasteiger partial charge in [0.15, 0.2) is 0 Å². The largest absolute Gasteiger partial charge is 0.478 e. The van der Waals surface area contributed by atoms with E-state index in [2.05, 4.69) is 10.3 Å². The Bertz CT molecular complexity index is 654. The Labute approximate surface area is 122 Å². The fraction of sp³-hybridized carbons (Fsp3) is 0.188. The van der Waals surface area contributed by atoms with Crippen molar-refractivity contribution in [3.05, 3.63) is 59.4 Å². The number of aromatic carboxylic acids is 1. The van der Waals surface area contributed by atoms with Crippen molar-refractivity contribution < 1.29 is 14.7 Å². The number of carboxylic acid groups (broad SMARTS) is 1. The summed E-state index contributed by atoms with van der Waals surface area (Å²) in [5.41, 5.74) is 2.19. The normalized spacial score (nSPS) is 10.1. The van der Waals surface area contributed by atoms with Crippen molar-refractivity contribution in [1.29, 1.82) is 0 Å². The third kappa shape index (κ3) is 4.14. The number of carbonyl (C=O) groups is 2. The van der Waals surface area contributed by atoms with Crippen LogP contribution in [0.2, 0.25) is 0 Å². The molecule has 1 amide bonds. The first kappa shape index (κ1) is 14.7. The molecule has 0 aliphatic carbocycles. The molecule has 21 heavy (non-hydrogen) atoms. The summed E-state index contributed by atoms with van der Waals surface area (Å²) >= 11 is 0. The number of benzene rings is 1. The molecule has 0 radical (unpaired) electrons. The first-order chi connectivity index (χ1) is 10.1. The van der Waals surface area contributed by atoms with Crippen molar-refractivity contribution in [3.63, 3.8) is 0 Å². The van der Waals surface area contributed by atoms with Crippen LogP contribution in [0, 0.1) is 6.92 Å². The van der Waals surface area contributed by atoms with Gasteiger partial charge in [-0.1, -0.05) is 12.1 Å². The number of hydrogen-bond donors (Lipinski definition) is 2. The van der Waals surface area contributed by atoms with Crippen molar-refractivity contribution in [3.8, 4) is 0 Å². The van der Waals surface area contributed by atoms with Gasteiger partial charge < -0.3 is 10.4 Å². The van der Waals surface area contributed by atoms with Crippen LogP contribution in [0.1, 0.15) is 28.0 Å². The second-order valence-corrected chi connectivity index (χ2v) is 4.70. The minimum Gasteiger partial charge on any atom is -0.478 e. The van der Waals surface area contributed by atoms with Gasteiger partial charge in [-0.2, -0.15) is 0 Å². The summed E-state index contributed by atoms with van der Waals surface area (Å²) in [5.74, 6) is -1.17. The predicted molar refractivity (Wildman–Crippen MR) is 79.3 cm³/mol. The maximum atomic E-state index is 11.9. The molecule has 1 aromatic carbocycles. The summed E-state index contributed by atoms with van der Waals surface area (Å²) < 4.78 is 0. The van der Waals surface area contributed by atoms with Gasteiger partial charge in [0, 0.05) is 24.0 Å². The number of amides is 1. The number of aromatic nitrogens is 1. The highest BCUT2D eigenvalue weighted by atomic mass is 16.4. The summed E-state index contributed by atoms with van der Waals surface area (Å²) in [5, 5.41) is 11.8. The van der Waals surface area contributed by atoms with Crippen LogP contribution in [0.15, 0.2) is 42.6 Å². The maximum absolute atomic E-state index is 11.9. The molecule has 0 bridgehead atoms. The number of rotatable bonds is 5. The molecular weight excluding hydrogens is 268 g/mol. The summed E-state index contributed by atoms with van der Waals surface area (Å²) in [6.07, 6.45) is 2.53. The van der Waals surface area contributed by atoms with Gasteiger partial charge in [-0.25, -0.2) is 4.79 Å². The van der Waals surface area contributed by atoms with E-state index in [1.54, 1.807) is 25.3 Å². The molecule has 1 heterocycles. The van der Waals surface area contributed by atoms with Gasteiger partial charge >= 0.3 is 5.97 Å². The van der Waals surface area contributed by atoms with Crippen LogP contribution in [0.3, 0.4) is 0 Å². The Balaban J connectivity index is 1.97. The van der Waals surface area contributed by atoms with Crippen LogP contribution in [-0.2, 0) is 11.2 Å². The van der Waals surface area contributed by atoms with E-state index >= 15 is 0 Å². The quantitative estimate of drug-likeness (QED) is 0.884. The van der Waals surface area contributed by atoms with E-state index in [0.29, 0.717) is 24.1 Å². The van der Waals surface area contributed by atoms with E-state index < -0.39 is 5.97 Å². The number of aryl methyl sites for hydroxylation is 2. The molecule has 108 valence electrons. The van der Waals surface area contributed by atoms with Crippen LogP contribution in [0.4, 0.5) is 5.69 Å². The first-order valence-corrected chi connectivity index (χ1v) is 6.60. The number of hydrogen-bond acceptors (Lipinski definition) is 3. The fourth-order valence-electron chi connectivity index (χ4n) is 1.94. The minimum atomic E-state index is -1.00.